The van der Waals surface area contributed by atoms with Crippen molar-refractivity contribution in [2.24, 2.45) is 0 Å². The van der Waals surface area contributed by atoms with Gasteiger partial charge in [0, 0.05) is 12.4 Å². The van der Waals surface area contributed by atoms with E-state index in [1.54, 1.807) is 6.07 Å². The Labute approximate surface area is 107 Å². The highest BCUT2D eigenvalue weighted by Crippen LogP contribution is 2.10. The van der Waals surface area contributed by atoms with Gasteiger partial charge in [-0.25, -0.2) is 23.5 Å². The van der Waals surface area contributed by atoms with Crippen LogP contribution in [0.25, 0.3) is 0 Å². The van der Waals surface area contributed by atoms with Gasteiger partial charge < -0.3 is 4.74 Å². The number of amides is 1. The summed E-state index contributed by atoms with van der Waals surface area (Å²) in [7, 11) is 0. The summed E-state index contributed by atoms with van der Waals surface area (Å²) >= 11 is 0. The standard InChI is InChI=1S/C12H9F2N3O2/c13-9-3-2-8(6-10(9)14)7-19-12(18)17-11-15-4-1-5-16-11/h1-6H,7H2,(H,15,16,17,18). The smallest absolute Gasteiger partial charge is 0.414 e. The molecule has 0 aliphatic carbocycles. The van der Waals surface area contributed by atoms with Crippen molar-refractivity contribution in [3.8, 4) is 0 Å². The van der Waals surface area contributed by atoms with Crippen LogP contribution in [0.15, 0.2) is 36.7 Å². The average molecular weight is 265 g/mol. The molecule has 2 rings (SSSR count). The molecule has 0 atom stereocenters. The van der Waals surface area contributed by atoms with Crippen LogP contribution in [0.3, 0.4) is 0 Å². The predicted octanol–water partition coefficient (Wildman–Crippen LogP) is 2.50. The van der Waals surface area contributed by atoms with E-state index in [0.29, 0.717) is 5.56 Å². The molecule has 1 aromatic carbocycles. The first-order valence-electron chi connectivity index (χ1n) is 5.30. The van der Waals surface area contributed by atoms with Crippen molar-refractivity contribution in [1.82, 2.24) is 9.97 Å². The highest BCUT2D eigenvalue weighted by Gasteiger charge is 2.07. The SMILES string of the molecule is O=C(Nc1ncccn1)OCc1ccc(F)c(F)c1. The first kappa shape index (κ1) is 12.9. The number of aromatic nitrogens is 2. The molecule has 19 heavy (non-hydrogen) atoms. The largest absolute Gasteiger partial charge is 0.444 e. The lowest BCUT2D eigenvalue weighted by atomic mass is 10.2. The lowest BCUT2D eigenvalue weighted by molar-refractivity contribution is 0.154. The van der Waals surface area contributed by atoms with Crippen LogP contribution < -0.4 is 5.32 Å². The lowest BCUT2D eigenvalue weighted by Gasteiger charge is -2.05. The third kappa shape index (κ3) is 3.70. The number of ether oxygens (including phenoxy) is 1. The van der Waals surface area contributed by atoms with E-state index in [1.165, 1.54) is 18.5 Å². The molecule has 1 heterocycles. The molecule has 2 aromatic rings. The topological polar surface area (TPSA) is 64.1 Å². The molecule has 0 saturated heterocycles. The molecular weight excluding hydrogens is 256 g/mol. The molecule has 1 N–H and O–H groups in total. The number of hydrogen-bond acceptors (Lipinski definition) is 4. The van der Waals surface area contributed by atoms with Gasteiger partial charge in [-0.2, -0.15) is 0 Å². The van der Waals surface area contributed by atoms with E-state index in [1.807, 2.05) is 0 Å². The number of rotatable bonds is 3. The van der Waals surface area contributed by atoms with Gasteiger partial charge in [-0.15, -0.1) is 0 Å². The molecule has 0 aliphatic rings. The van der Waals surface area contributed by atoms with E-state index < -0.39 is 17.7 Å². The molecule has 1 aromatic heterocycles. The Bertz CT molecular complexity index is 578. The molecule has 0 fully saturated rings. The van der Waals surface area contributed by atoms with Gasteiger partial charge in [0.15, 0.2) is 11.6 Å². The molecule has 0 aliphatic heterocycles. The Morgan fingerprint density at radius 2 is 1.95 bits per heavy atom. The molecule has 5 nitrogen and oxygen atoms in total. The van der Waals surface area contributed by atoms with Crippen molar-refractivity contribution in [1.29, 1.82) is 0 Å². The Balaban J connectivity index is 1.88. The van der Waals surface area contributed by atoms with Gasteiger partial charge in [0.2, 0.25) is 5.95 Å². The fourth-order valence-corrected chi connectivity index (χ4v) is 1.27. The number of anilines is 1. The quantitative estimate of drug-likeness (QED) is 0.926. The zero-order valence-corrected chi connectivity index (χ0v) is 9.64. The Morgan fingerprint density at radius 1 is 1.21 bits per heavy atom. The number of nitrogens with zero attached hydrogens (tertiary/aromatic N) is 2. The van der Waals surface area contributed by atoms with Gasteiger partial charge in [0.05, 0.1) is 0 Å². The van der Waals surface area contributed by atoms with E-state index in [-0.39, 0.29) is 12.6 Å². The number of halogens is 2. The maximum Gasteiger partial charge on any atom is 0.414 e. The summed E-state index contributed by atoms with van der Waals surface area (Å²) in [4.78, 5) is 18.9. The second-order valence-corrected chi connectivity index (χ2v) is 3.52. The number of benzene rings is 1. The van der Waals surface area contributed by atoms with Crippen LogP contribution in [0.4, 0.5) is 19.5 Å². The Morgan fingerprint density at radius 3 is 2.63 bits per heavy atom. The summed E-state index contributed by atoms with van der Waals surface area (Å²) in [5.41, 5.74) is 0.336. The van der Waals surface area contributed by atoms with E-state index in [2.05, 4.69) is 15.3 Å². The van der Waals surface area contributed by atoms with E-state index in [4.69, 9.17) is 4.74 Å². The fraction of sp³-hybridized carbons (Fsp3) is 0.0833. The van der Waals surface area contributed by atoms with Crippen molar-refractivity contribution in [3.63, 3.8) is 0 Å². The summed E-state index contributed by atoms with van der Waals surface area (Å²) in [6, 6.07) is 4.84. The van der Waals surface area contributed by atoms with Gasteiger partial charge >= 0.3 is 6.09 Å². The number of hydrogen-bond donors (Lipinski definition) is 1. The minimum Gasteiger partial charge on any atom is -0.444 e. The number of nitrogens with one attached hydrogen (secondary N) is 1. The number of carbonyl (C=O) groups is 1. The lowest BCUT2D eigenvalue weighted by Crippen LogP contribution is -2.15. The van der Waals surface area contributed by atoms with Gasteiger partial charge in [0.1, 0.15) is 6.61 Å². The third-order valence-corrected chi connectivity index (χ3v) is 2.13. The van der Waals surface area contributed by atoms with Crippen LogP contribution in [0.1, 0.15) is 5.56 Å². The molecule has 1 amide bonds. The summed E-state index contributed by atoms with van der Waals surface area (Å²) in [5.74, 6) is -1.85. The molecular formula is C12H9F2N3O2. The van der Waals surface area contributed by atoms with Crippen molar-refractivity contribution in [2.45, 2.75) is 6.61 Å². The maximum absolute atomic E-state index is 12.9. The Kier molecular flexibility index (Phi) is 3.97. The van der Waals surface area contributed by atoms with Crippen molar-refractivity contribution in [3.05, 3.63) is 53.9 Å². The summed E-state index contributed by atoms with van der Waals surface area (Å²) in [6.45, 7) is -0.185. The zero-order chi connectivity index (χ0) is 13.7. The molecule has 98 valence electrons. The highest BCUT2D eigenvalue weighted by atomic mass is 19.2. The second-order valence-electron chi connectivity index (χ2n) is 3.52. The van der Waals surface area contributed by atoms with Crippen molar-refractivity contribution >= 4 is 12.0 Å². The fourth-order valence-electron chi connectivity index (χ4n) is 1.27. The molecule has 0 saturated carbocycles. The summed E-state index contributed by atoms with van der Waals surface area (Å²) in [5, 5.41) is 2.29. The average Bonchev–Trinajstić information content (AvgIpc) is 2.41. The van der Waals surface area contributed by atoms with Gasteiger partial charge in [-0.3, -0.25) is 5.32 Å². The van der Waals surface area contributed by atoms with Crippen LogP contribution in [0.2, 0.25) is 0 Å². The van der Waals surface area contributed by atoms with Crippen LogP contribution in [-0.2, 0) is 11.3 Å². The first-order chi connectivity index (χ1) is 9.15. The van der Waals surface area contributed by atoms with Gasteiger partial charge in [-0.1, -0.05) is 6.07 Å². The highest BCUT2D eigenvalue weighted by molar-refractivity contribution is 5.82. The third-order valence-electron chi connectivity index (χ3n) is 2.13. The molecule has 0 radical (unpaired) electrons. The predicted molar refractivity (Wildman–Crippen MR) is 62.2 cm³/mol. The van der Waals surface area contributed by atoms with Gasteiger partial charge in [0.25, 0.3) is 0 Å². The molecule has 7 heteroatoms. The van der Waals surface area contributed by atoms with E-state index in [9.17, 15) is 13.6 Å². The molecule has 0 unspecified atom stereocenters. The normalized spacial score (nSPS) is 10.0. The monoisotopic (exact) mass is 265 g/mol. The molecule has 0 spiro atoms. The summed E-state index contributed by atoms with van der Waals surface area (Å²) in [6.07, 6.45) is 2.13. The summed E-state index contributed by atoms with van der Waals surface area (Å²) < 4.78 is 30.4. The van der Waals surface area contributed by atoms with Crippen LogP contribution in [-0.4, -0.2) is 16.1 Å². The first-order valence-corrected chi connectivity index (χ1v) is 5.30. The van der Waals surface area contributed by atoms with Crippen molar-refractivity contribution in [2.75, 3.05) is 5.32 Å². The van der Waals surface area contributed by atoms with Crippen LogP contribution in [0.5, 0.6) is 0 Å². The second kappa shape index (κ2) is 5.85. The number of carbonyl (C=O) groups excluding carboxylic acids is 1. The van der Waals surface area contributed by atoms with E-state index in [0.717, 1.165) is 12.1 Å². The maximum atomic E-state index is 12.9. The van der Waals surface area contributed by atoms with Gasteiger partial charge in [-0.05, 0) is 23.8 Å². The minimum absolute atomic E-state index is 0.0952. The molecule has 0 bridgehead atoms. The van der Waals surface area contributed by atoms with Crippen molar-refractivity contribution < 1.29 is 18.3 Å². The van der Waals surface area contributed by atoms with Crippen LogP contribution >= 0.6 is 0 Å². The van der Waals surface area contributed by atoms with Crippen LogP contribution in [0, 0.1) is 11.6 Å². The van der Waals surface area contributed by atoms with E-state index >= 15 is 0 Å². The zero-order valence-electron chi connectivity index (χ0n) is 9.64. The Hall–Kier alpha value is -2.57. The minimum atomic E-state index is -0.993.